The van der Waals surface area contributed by atoms with Crippen molar-refractivity contribution in [2.75, 3.05) is 19.3 Å². The number of aliphatic imine (C=N–C) groups is 1. The molecule has 0 spiro atoms. The summed E-state index contributed by atoms with van der Waals surface area (Å²) in [5, 5.41) is 0. The number of sulfonamides is 1. The summed E-state index contributed by atoms with van der Waals surface area (Å²) in [6.07, 6.45) is 2.18. The Morgan fingerprint density at radius 2 is 2.23 bits per heavy atom. The molecule has 0 aliphatic heterocycles. The van der Waals surface area contributed by atoms with E-state index in [0.717, 1.165) is 12.8 Å². The minimum atomic E-state index is -3.13. The second-order valence-corrected chi connectivity index (χ2v) is 5.15. The molecule has 0 radical (unpaired) electrons. The zero-order valence-electron chi connectivity index (χ0n) is 7.66. The van der Waals surface area contributed by atoms with Crippen LogP contribution in [0.3, 0.4) is 0 Å². The van der Waals surface area contributed by atoms with Gasteiger partial charge in [0.05, 0.1) is 18.1 Å². The molecule has 0 saturated heterocycles. The highest BCUT2D eigenvalue weighted by Gasteiger charge is 2.25. The maximum atomic E-state index is 10.9. The van der Waals surface area contributed by atoms with E-state index in [9.17, 15) is 8.42 Å². The van der Waals surface area contributed by atoms with Crippen LogP contribution in [0, 0.1) is 5.92 Å². The van der Waals surface area contributed by atoms with Crippen molar-refractivity contribution in [1.82, 2.24) is 4.72 Å². The number of hydrogen-bond acceptors (Lipinski definition) is 3. The van der Waals surface area contributed by atoms with E-state index < -0.39 is 10.0 Å². The lowest BCUT2D eigenvalue weighted by Crippen LogP contribution is -2.24. The lowest BCUT2D eigenvalue weighted by molar-refractivity contribution is 0.588. The number of nitrogens with one attached hydrogen (secondary N) is 1. The van der Waals surface area contributed by atoms with Crippen LogP contribution in [0.25, 0.3) is 0 Å². The molecule has 0 amide bonds. The van der Waals surface area contributed by atoms with Crippen LogP contribution in [0.1, 0.15) is 12.8 Å². The molecule has 13 heavy (non-hydrogen) atoms. The van der Waals surface area contributed by atoms with Gasteiger partial charge in [-0.2, -0.15) is 0 Å². The summed E-state index contributed by atoms with van der Waals surface area (Å²) in [4.78, 5) is 3.99. The normalized spacial score (nSPS) is 19.0. The first kappa shape index (κ1) is 10.5. The van der Waals surface area contributed by atoms with Crippen LogP contribution in [-0.2, 0) is 10.0 Å². The van der Waals surface area contributed by atoms with Crippen LogP contribution in [-0.4, -0.2) is 33.6 Å². The molecular weight excluding hydrogens is 190 g/mol. The van der Waals surface area contributed by atoms with Gasteiger partial charge in [-0.05, 0) is 19.9 Å². The molecule has 6 heteroatoms. The topological polar surface area (TPSA) is 84.5 Å². The van der Waals surface area contributed by atoms with E-state index in [1.807, 2.05) is 0 Å². The number of hydrogen-bond donors (Lipinski definition) is 2. The molecule has 0 aromatic carbocycles. The van der Waals surface area contributed by atoms with Gasteiger partial charge in [0.15, 0.2) is 0 Å². The van der Waals surface area contributed by atoms with Gasteiger partial charge in [-0.1, -0.05) is 0 Å². The van der Waals surface area contributed by atoms with Gasteiger partial charge >= 0.3 is 0 Å². The first-order valence-electron chi connectivity index (χ1n) is 4.26. The van der Waals surface area contributed by atoms with E-state index in [4.69, 9.17) is 5.73 Å². The molecule has 1 rings (SSSR count). The zero-order valence-corrected chi connectivity index (χ0v) is 8.47. The Morgan fingerprint density at radius 1 is 1.62 bits per heavy atom. The van der Waals surface area contributed by atoms with Crippen LogP contribution in [0.15, 0.2) is 4.99 Å². The van der Waals surface area contributed by atoms with Gasteiger partial charge in [-0.3, -0.25) is 4.99 Å². The van der Waals surface area contributed by atoms with Crippen LogP contribution < -0.4 is 10.5 Å². The van der Waals surface area contributed by atoms with E-state index in [-0.39, 0.29) is 12.3 Å². The molecule has 1 aliphatic rings. The minimum absolute atomic E-state index is 0.0108. The summed E-state index contributed by atoms with van der Waals surface area (Å²) in [6, 6.07) is 0. The average Bonchev–Trinajstić information content (AvgIpc) is 2.86. The molecule has 0 aromatic rings. The fourth-order valence-electron chi connectivity index (χ4n) is 0.905. The predicted octanol–water partition coefficient (Wildman–Crippen LogP) is -0.697. The lowest BCUT2D eigenvalue weighted by Gasteiger charge is -1.99. The van der Waals surface area contributed by atoms with Gasteiger partial charge < -0.3 is 5.73 Å². The van der Waals surface area contributed by atoms with Gasteiger partial charge in [0.2, 0.25) is 10.0 Å². The lowest BCUT2D eigenvalue weighted by atomic mass is 10.4. The Bertz CT molecular complexity index is 293. The van der Waals surface area contributed by atoms with Crippen LogP contribution >= 0.6 is 0 Å². The van der Waals surface area contributed by atoms with Crippen molar-refractivity contribution in [3.8, 4) is 0 Å². The Labute approximate surface area is 78.5 Å². The number of amidine groups is 1. The van der Waals surface area contributed by atoms with Crippen molar-refractivity contribution in [2.24, 2.45) is 16.6 Å². The van der Waals surface area contributed by atoms with E-state index in [1.165, 1.54) is 7.05 Å². The van der Waals surface area contributed by atoms with Crippen molar-refractivity contribution in [3.63, 3.8) is 0 Å². The van der Waals surface area contributed by atoms with Gasteiger partial charge in [-0.15, -0.1) is 0 Å². The Balaban J connectivity index is 2.30. The van der Waals surface area contributed by atoms with E-state index in [2.05, 4.69) is 9.71 Å². The second kappa shape index (κ2) is 4.06. The molecule has 3 N–H and O–H groups in total. The third kappa shape index (κ3) is 3.73. The molecule has 5 nitrogen and oxygen atoms in total. The molecule has 76 valence electrons. The molecular formula is C7H15N3O2S. The van der Waals surface area contributed by atoms with Crippen molar-refractivity contribution < 1.29 is 8.42 Å². The van der Waals surface area contributed by atoms with Gasteiger partial charge in [0, 0.05) is 5.92 Å². The number of rotatable bonds is 5. The minimum Gasteiger partial charge on any atom is -0.387 e. The van der Waals surface area contributed by atoms with Gasteiger partial charge in [-0.25, -0.2) is 13.1 Å². The second-order valence-electron chi connectivity index (χ2n) is 3.10. The fraction of sp³-hybridized carbons (Fsp3) is 0.857. The van der Waals surface area contributed by atoms with Gasteiger partial charge in [0.25, 0.3) is 0 Å². The highest BCUT2D eigenvalue weighted by atomic mass is 32.2. The number of nitrogens with two attached hydrogens (primary N) is 1. The van der Waals surface area contributed by atoms with Crippen LogP contribution in [0.2, 0.25) is 0 Å². The Kier molecular flexibility index (Phi) is 3.27. The summed E-state index contributed by atoms with van der Waals surface area (Å²) >= 11 is 0. The van der Waals surface area contributed by atoms with Crippen molar-refractivity contribution in [3.05, 3.63) is 0 Å². The van der Waals surface area contributed by atoms with Crippen LogP contribution in [0.4, 0.5) is 0 Å². The molecule has 0 unspecified atom stereocenters. The molecule has 1 fully saturated rings. The largest absolute Gasteiger partial charge is 0.387 e. The van der Waals surface area contributed by atoms with Crippen molar-refractivity contribution in [1.29, 1.82) is 0 Å². The SMILES string of the molecule is CNS(=O)(=O)CCN=C(N)C1CC1. The average molecular weight is 205 g/mol. The maximum absolute atomic E-state index is 10.9. The van der Waals surface area contributed by atoms with Crippen molar-refractivity contribution >= 4 is 15.9 Å². The molecule has 1 saturated carbocycles. The predicted molar refractivity (Wildman–Crippen MR) is 52.1 cm³/mol. The van der Waals surface area contributed by atoms with E-state index in [0.29, 0.717) is 11.8 Å². The monoisotopic (exact) mass is 205 g/mol. The molecule has 1 aliphatic carbocycles. The highest BCUT2D eigenvalue weighted by molar-refractivity contribution is 7.89. The Morgan fingerprint density at radius 3 is 2.69 bits per heavy atom. The third-order valence-corrected chi connectivity index (χ3v) is 3.30. The quantitative estimate of drug-likeness (QED) is 0.460. The third-order valence-electron chi connectivity index (χ3n) is 1.96. The van der Waals surface area contributed by atoms with Crippen LogP contribution in [0.5, 0.6) is 0 Å². The summed E-state index contributed by atoms with van der Waals surface area (Å²) in [5.41, 5.74) is 5.58. The first-order chi connectivity index (χ1) is 6.05. The molecule has 0 heterocycles. The summed E-state index contributed by atoms with van der Waals surface area (Å²) in [5.74, 6) is 1.03. The Hall–Kier alpha value is -0.620. The fourth-order valence-corrected chi connectivity index (χ4v) is 1.44. The summed E-state index contributed by atoms with van der Waals surface area (Å²) in [6.45, 7) is 0.255. The summed E-state index contributed by atoms with van der Waals surface area (Å²) < 4.78 is 24.1. The smallest absolute Gasteiger partial charge is 0.213 e. The van der Waals surface area contributed by atoms with Gasteiger partial charge in [0.1, 0.15) is 0 Å². The highest BCUT2D eigenvalue weighted by Crippen LogP contribution is 2.28. The van der Waals surface area contributed by atoms with E-state index >= 15 is 0 Å². The van der Waals surface area contributed by atoms with E-state index in [1.54, 1.807) is 0 Å². The van der Waals surface area contributed by atoms with Crippen molar-refractivity contribution in [2.45, 2.75) is 12.8 Å². The molecule has 0 aromatic heterocycles. The molecule has 0 bridgehead atoms. The zero-order chi connectivity index (χ0) is 9.90. The maximum Gasteiger partial charge on any atom is 0.213 e. The summed E-state index contributed by atoms with van der Waals surface area (Å²) in [7, 11) is -1.74. The standard InChI is InChI=1S/C7H15N3O2S/c1-9-13(11,12)5-4-10-7(8)6-2-3-6/h6,9H,2-5H2,1H3,(H2,8,10). The molecule has 0 atom stereocenters. The number of nitrogens with zero attached hydrogens (tertiary/aromatic N) is 1. The first-order valence-corrected chi connectivity index (χ1v) is 5.91.